The summed E-state index contributed by atoms with van der Waals surface area (Å²) in [6.07, 6.45) is 5.84. The second-order valence-corrected chi connectivity index (χ2v) is 9.65. The molecule has 0 bridgehead atoms. The first-order valence-electron chi connectivity index (χ1n) is 11.2. The predicted molar refractivity (Wildman–Crippen MR) is 128 cm³/mol. The Hall–Kier alpha value is -3.43. The van der Waals surface area contributed by atoms with Gasteiger partial charge in [-0.2, -0.15) is 4.98 Å². The van der Waals surface area contributed by atoms with E-state index in [4.69, 9.17) is 4.74 Å². The molecule has 10 heteroatoms. The number of carbonyl (C=O) groups excluding carboxylic acids is 1. The molecule has 4 heterocycles. The molecule has 1 saturated heterocycles. The zero-order valence-corrected chi connectivity index (χ0v) is 20.1. The minimum absolute atomic E-state index is 0.0421. The maximum Gasteiger partial charge on any atom is 0.410 e. The van der Waals surface area contributed by atoms with Crippen LogP contribution in [0.25, 0.3) is 11.0 Å². The lowest BCUT2D eigenvalue weighted by atomic mass is 10.2. The van der Waals surface area contributed by atoms with Gasteiger partial charge in [0.1, 0.15) is 22.8 Å². The summed E-state index contributed by atoms with van der Waals surface area (Å²) in [6, 6.07) is 4.14. The monoisotopic (exact) mass is 452 g/mol. The number of anilines is 3. The summed E-state index contributed by atoms with van der Waals surface area (Å²) in [5, 5.41) is 3.28. The standard InChI is InChI=1S/C23H32N8O2/c1-15(2)31-14-26-17-12-25-20(11-18(17)31)27-19-7-9-24-21(28-19)30-10-8-16(13-30)29(6)22(32)33-23(3,4)5/h7,9,11-12,14-16H,8,10,13H2,1-6H3,(H,24,25,27,28). The van der Waals surface area contributed by atoms with Gasteiger partial charge in [-0.15, -0.1) is 0 Å². The molecule has 3 aromatic heterocycles. The van der Waals surface area contributed by atoms with E-state index in [1.807, 2.05) is 39.2 Å². The molecule has 10 nitrogen and oxygen atoms in total. The summed E-state index contributed by atoms with van der Waals surface area (Å²) in [4.78, 5) is 34.2. The normalized spacial score (nSPS) is 16.5. The van der Waals surface area contributed by atoms with Crippen LogP contribution in [0.2, 0.25) is 0 Å². The fourth-order valence-corrected chi connectivity index (χ4v) is 3.83. The number of nitrogens with zero attached hydrogens (tertiary/aromatic N) is 7. The number of likely N-dealkylation sites (N-methyl/N-ethyl adjacent to an activating group) is 1. The summed E-state index contributed by atoms with van der Waals surface area (Å²) in [7, 11) is 1.78. The molecule has 0 aromatic carbocycles. The molecule has 33 heavy (non-hydrogen) atoms. The molecule has 0 radical (unpaired) electrons. The zero-order chi connectivity index (χ0) is 23.8. The molecule has 0 aliphatic carbocycles. The third kappa shape index (κ3) is 5.15. The number of aromatic nitrogens is 5. The second-order valence-electron chi connectivity index (χ2n) is 9.65. The Kier molecular flexibility index (Phi) is 6.09. The van der Waals surface area contributed by atoms with Crippen molar-refractivity contribution in [2.24, 2.45) is 0 Å². The van der Waals surface area contributed by atoms with Crippen LogP contribution in [0.15, 0.2) is 30.9 Å². The molecule has 0 saturated carbocycles. The molecule has 1 unspecified atom stereocenters. The lowest BCUT2D eigenvalue weighted by Crippen LogP contribution is -2.42. The molecule has 1 N–H and O–H groups in total. The Bertz CT molecular complexity index is 1140. The van der Waals surface area contributed by atoms with E-state index in [-0.39, 0.29) is 12.1 Å². The van der Waals surface area contributed by atoms with Crippen molar-refractivity contribution in [1.29, 1.82) is 0 Å². The third-order valence-electron chi connectivity index (χ3n) is 5.59. The number of ether oxygens (including phenoxy) is 1. The molecule has 1 aliphatic heterocycles. The molecular weight excluding hydrogens is 420 g/mol. The number of fused-ring (bicyclic) bond motifs is 1. The first-order chi connectivity index (χ1) is 15.6. The smallest absolute Gasteiger partial charge is 0.410 e. The number of imidazole rings is 1. The van der Waals surface area contributed by atoms with Gasteiger partial charge in [-0.3, -0.25) is 0 Å². The molecule has 0 spiro atoms. The average molecular weight is 453 g/mol. The van der Waals surface area contributed by atoms with Crippen molar-refractivity contribution < 1.29 is 9.53 Å². The van der Waals surface area contributed by atoms with E-state index in [0.29, 0.717) is 30.2 Å². The molecule has 1 atom stereocenters. The van der Waals surface area contributed by atoms with Crippen molar-refractivity contribution in [2.45, 2.75) is 58.7 Å². The van der Waals surface area contributed by atoms with Crippen molar-refractivity contribution in [2.75, 3.05) is 30.4 Å². The Labute approximate surface area is 194 Å². The van der Waals surface area contributed by atoms with Crippen molar-refractivity contribution in [3.8, 4) is 0 Å². The van der Waals surface area contributed by atoms with Crippen LogP contribution in [0, 0.1) is 0 Å². The molecular formula is C23H32N8O2. The predicted octanol–water partition coefficient (Wildman–Crippen LogP) is 3.99. The van der Waals surface area contributed by atoms with Gasteiger partial charge < -0.3 is 24.4 Å². The van der Waals surface area contributed by atoms with E-state index in [9.17, 15) is 4.79 Å². The number of hydrogen-bond donors (Lipinski definition) is 1. The van der Waals surface area contributed by atoms with Crippen LogP contribution in [0.1, 0.15) is 47.1 Å². The zero-order valence-electron chi connectivity index (χ0n) is 20.1. The number of pyridine rings is 1. The first kappa shape index (κ1) is 22.8. The fourth-order valence-electron chi connectivity index (χ4n) is 3.83. The Morgan fingerprint density at radius 3 is 2.76 bits per heavy atom. The summed E-state index contributed by atoms with van der Waals surface area (Å²) in [5.74, 6) is 1.97. The fraction of sp³-hybridized carbons (Fsp3) is 0.522. The molecule has 176 valence electrons. The van der Waals surface area contributed by atoms with Gasteiger partial charge in [-0.05, 0) is 47.1 Å². The Morgan fingerprint density at radius 1 is 1.24 bits per heavy atom. The van der Waals surface area contributed by atoms with Gasteiger partial charge in [0.15, 0.2) is 0 Å². The van der Waals surface area contributed by atoms with E-state index in [1.54, 1.807) is 24.3 Å². The quantitative estimate of drug-likeness (QED) is 0.620. The van der Waals surface area contributed by atoms with Gasteiger partial charge in [0.2, 0.25) is 5.95 Å². The van der Waals surface area contributed by atoms with Crippen molar-refractivity contribution in [3.63, 3.8) is 0 Å². The lowest BCUT2D eigenvalue weighted by molar-refractivity contribution is 0.0238. The van der Waals surface area contributed by atoms with Crippen LogP contribution in [0.4, 0.5) is 22.4 Å². The summed E-state index contributed by atoms with van der Waals surface area (Å²) < 4.78 is 7.61. The van der Waals surface area contributed by atoms with Gasteiger partial charge in [-0.25, -0.2) is 19.7 Å². The largest absolute Gasteiger partial charge is 0.444 e. The highest BCUT2D eigenvalue weighted by atomic mass is 16.6. The third-order valence-corrected chi connectivity index (χ3v) is 5.59. The number of nitrogens with one attached hydrogen (secondary N) is 1. The number of hydrogen-bond acceptors (Lipinski definition) is 8. The van der Waals surface area contributed by atoms with E-state index in [1.165, 1.54) is 0 Å². The van der Waals surface area contributed by atoms with E-state index >= 15 is 0 Å². The molecule has 1 amide bonds. The summed E-state index contributed by atoms with van der Waals surface area (Å²) in [5.41, 5.74) is 1.36. The first-order valence-corrected chi connectivity index (χ1v) is 11.2. The highest BCUT2D eigenvalue weighted by Gasteiger charge is 2.32. The molecule has 4 rings (SSSR count). The average Bonchev–Trinajstić information content (AvgIpc) is 3.39. The van der Waals surface area contributed by atoms with E-state index in [2.05, 4.69) is 48.6 Å². The van der Waals surface area contributed by atoms with Crippen LogP contribution < -0.4 is 10.2 Å². The van der Waals surface area contributed by atoms with Gasteiger partial charge in [-0.1, -0.05) is 0 Å². The lowest BCUT2D eigenvalue weighted by Gasteiger charge is -2.28. The van der Waals surface area contributed by atoms with Crippen LogP contribution in [-0.4, -0.2) is 67.3 Å². The Morgan fingerprint density at radius 2 is 2.03 bits per heavy atom. The maximum absolute atomic E-state index is 12.4. The van der Waals surface area contributed by atoms with Crippen molar-refractivity contribution >= 4 is 34.7 Å². The highest BCUT2D eigenvalue weighted by molar-refractivity contribution is 5.78. The van der Waals surface area contributed by atoms with E-state index < -0.39 is 5.60 Å². The van der Waals surface area contributed by atoms with Gasteiger partial charge in [0, 0.05) is 38.4 Å². The van der Waals surface area contributed by atoms with E-state index in [0.717, 1.165) is 24.0 Å². The molecule has 1 aliphatic rings. The minimum Gasteiger partial charge on any atom is -0.444 e. The van der Waals surface area contributed by atoms with Crippen LogP contribution in [-0.2, 0) is 4.74 Å². The van der Waals surface area contributed by atoms with Gasteiger partial charge >= 0.3 is 6.09 Å². The van der Waals surface area contributed by atoms with Gasteiger partial charge in [0.05, 0.1) is 24.1 Å². The minimum atomic E-state index is -0.517. The topological polar surface area (TPSA) is 101 Å². The SMILES string of the molecule is CC(C)n1cnc2cnc(Nc3ccnc(N4CCC(N(C)C(=O)OC(C)(C)C)C4)n3)cc21. The number of carbonyl (C=O) groups is 1. The van der Waals surface area contributed by atoms with Crippen LogP contribution in [0.5, 0.6) is 0 Å². The van der Waals surface area contributed by atoms with Crippen molar-refractivity contribution in [3.05, 3.63) is 30.9 Å². The number of amides is 1. The van der Waals surface area contributed by atoms with Crippen LogP contribution >= 0.6 is 0 Å². The summed E-state index contributed by atoms with van der Waals surface area (Å²) >= 11 is 0. The van der Waals surface area contributed by atoms with Gasteiger partial charge in [0.25, 0.3) is 0 Å². The summed E-state index contributed by atoms with van der Waals surface area (Å²) in [6.45, 7) is 11.3. The number of rotatable bonds is 5. The Balaban J connectivity index is 1.45. The molecule has 3 aromatic rings. The van der Waals surface area contributed by atoms with Crippen molar-refractivity contribution in [1.82, 2.24) is 29.4 Å². The second kappa shape index (κ2) is 8.84. The maximum atomic E-state index is 12.4. The highest BCUT2D eigenvalue weighted by Crippen LogP contribution is 2.24. The molecule has 1 fully saturated rings. The van der Waals surface area contributed by atoms with Crippen LogP contribution in [0.3, 0.4) is 0 Å².